The first kappa shape index (κ1) is 18.0. The molecule has 1 saturated carbocycles. The van der Waals surface area contributed by atoms with Gasteiger partial charge in [-0.3, -0.25) is 0 Å². The van der Waals surface area contributed by atoms with E-state index in [1.807, 2.05) is 6.07 Å². The number of ether oxygens (including phenoxy) is 1. The number of carbonyl (C=O) groups is 1. The van der Waals surface area contributed by atoms with Crippen molar-refractivity contribution < 1.29 is 9.53 Å². The molecule has 0 bridgehead atoms. The monoisotopic (exact) mass is 355 g/mol. The maximum atomic E-state index is 12.1. The fourth-order valence-corrected chi connectivity index (χ4v) is 3.16. The number of anilines is 4. The molecule has 2 aromatic rings. The van der Waals surface area contributed by atoms with Crippen LogP contribution in [-0.4, -0.2) is 28.6 Å². The number of hydrogen-bond acceptors (Lipinski definition) is 7. The number of esters is 1. The zero-order valence-electron chi connectivity index (χ0n) is 15.0. The molecule has 0 spiro atoms. The van der Waals surface area contributed by atoms with E-state index in [1.165, 1.54) is 25.6 Å². The molecule has 1 heterocycles. The summed E-state index contributed by atoms with van der Waals surface area (Å²) in [5.41, 5.74) is 7.74. The molecule has 0 amide bonds. The molecule has 7 heteroatoms. The second-order valence-electron chi connectivity index (χ2n) is 6.35. The second-order valence-corrected chi connectivity index (χ2v) is 6.35. The van der Waals surface area contributed by atoms with Crippen LogP contribution in [0.5, 0.6) is 0 Å². The van der Waals surface area contributed by atoms with Gasteiger partial charge in [0.25, 0.3) is 0 Å². The minimum Gasteiger partial charge on any atom is -0.462 e. The highest BCUT2D eigenvalue weighted by atomic mass is 16.5. The largest absolute Gasteiger partial charge is 0.462 e. The Labute approximate surface area is 153 Å². The van der Waals surface area contributed by atoms with E-state index in [0.29, 0.717) is 41.2 Å². The summed E-state index contributed by atoms with van der Waals surface area (Å²) in [4.78, 5) is 20.6. The van der Waals surface area contributed by atoms with Crippen LogP contribution in [-0.2, 0) is 4.74 Å². The van der Waals surface area contributed by atoms with Crippen molar-refractivity contribution in [3.05, 3.63) is 36.2 Å². The van der Waals surface area contributed by atoms with Crippen molar-refractivity contribution >= 4 is 29.0 Å². The lowest BCUT2D eigenvalue weighted by Gasteiger charge is -2.24. The van der Waals surface area contributed by atoms with Crippen molar-refractivity contribution in [1.82, 2.24) is 9.97 Å². The van der Waals surface area contributed by atoms with Crippen LogP contribution in [0.4, 0.5) is 23.0 Å². The molecule has 0 unspecified atom stereocenters. The Kier molecular flexibility index (Phi) is 5.88. The molecular weight excluding hydrogens is 330 g/mol. The molecule has 3 rings (SSSR count). The molecule has 0 atom stereocenters. The number of carbonyl (C=O) groups excluding carboxylic acids is 1. The molecule has 1 fully saturated rings. The Morgan fingerprint density at radius 2 is 1.92 bits per heavy atom. The van der Waals surface area contributed by atoms with E-state index < -0.39 is 0 Å². The number of benzene rings is 1. The van der Waals surface area contributed by atoms with Gasteiger partial charge in [0.2, 0.25) is 0 Å². The lowest BCUT2D eigenvalue weighted by atomic mass is 9.95. The summed E-state index contributed by atoms with van der Waals surface area (Å²) in [5, 5.41) is 6.57. The number of aromatic nitrogens is 2. The zero-order valence-corrected chi connectivity index (χ0v) is 15.0. The Morgan fingerprint density at radius 3 is 2.69 bits per heavy atom. The molecule has 1 aliphatic rings. The quantitative estimate of drug-likeness (QED) is 0.679. The standard InChI is InChI=1S/C19H25N5O2/c1-2-26-19(25)14-10-6-7-11-15(14)24-18-16(20)17(21-12-22-18)23-13-8-4-3-5-9-13/h6-7,10-13H,2-5,8-9,20H2,1H3,(H2,21,22,23,24). The number of rotatable bonds is 6. The number of nitrogen functional groups attached to an aromatic ring is 1. The molecule has 1 aliphatic carbocycles. The predicted molar refractivity (Wildman–Crippen MR) is 103 cm³/mol. The second kappa shape index (κ2) is 8.51. The molecule has 0 radical (unpaired) electrons. The molecule has 0 saturated heterocycles. The first-order valence-corrected chi connectivity index (χ1v) is 9.09. The van der Waals surface area contributed by atoms with Gasteiger partial charge in [0.1, 0.15) is 12.0 Å². The minimum absolute atomic E-state index is 0.318. The average molecular weight is 355 g/mol. The van der Waals surface area contributed by atoms with E-state index in [1.54, 1.807) is 25.1 Å². The van der Waals surface area contributed by atoms with Crippen LogP contribution in [0.25, 0.3) is 0 Å². The van der Waals surface area contributed by atoms with Gasteiger partial charge in [-0.05, 0) is 31.9 Å². The van der Waals surface area contributed by atoms with Crippen LogP contribution in [0, 0.1) is 0 Å². The van der Waals surface area contributed by atoms with Crippen LogP contribution < -0.4 is 16.4 Å². The first-order valence-electron chi connectivity index (χ1n) is 9.09. The van der Waals surface area contributed by atoms with Crippen molar-refractivity contribution in [1.29, 1.82) is 0 Å². The Morgan fingerprint density at radius 1 is 1.19 bits per heavy atom. The lowest BCUT2D eigenvalue weighted by molar-refractivity contribution is 0.0527. The van der Waals surface area contributed by atoms with E-state index >= 15 is 0 Å². The molecular formula is C19H25N5O2. The molecule has 0 aliphatic heterocycles. The van der Waals surface area contributed by atoms with Gasteiger partial charge in [-0.15, -0.1) is 0 Å². The van der Waals surface area contributed by atoms with E-state index in [9.17, 15) is 4.79 Å². The number of nitrogens with one attached hydrogen (secondary N) is 2. The number of nitrogens with two attached hydrogens (primary N) is 1. The topological polar surface area (TPSA) is 102 Å². The van der Waals surface area contributed by atoms with Crippen LogP contribution in [0.1, 0.15) is 49.4 Å². The summed E-state index contributed by atoms with van der Waals surface area (Å²) in [6.45, 7) is 2.10. The normalized spacial score (nSPS) is 14.7. The molecule has 4 N–H and O–H groups in total. The van der Waals surface area contributed by atoms with Gasteiger partial charge >= 0.3 is 5.97 Å². The van der Waals surface area contributed by atoms with E-state index in [-0.39, 0.29) is 5.97 Å². The summed E-state index contributed by atoms with van der Waals surface area (Å²) >= 11 is 0. The summed E-state index contributed by atoms with van der Waals surface area (Å²) in [6, 6.07) is 7.52. The third-order valence-corrected chi connectivity index (χ3v) is 4.51. The predicted octanol–water partition coefficient (Wildman–Crippen LogP) is 3.72. The summed E-state index contributed by atoms with van der Waals surface area (Å²) < 4.78 is 5.11. The van der Waals surface area contributed by atoms with Crippen molar-refractivity contribution in [2.45, 2.75) is 45.1 Å². The highest BCUT2D eigenvalue weighted by Crippen LogP contribution is 2.30. The third-order valence-electron chi connectivity index (χ3n) is 4.51. The molecule has 138 valence electrons. The van der Waals surface area contributed by atoms with Crippen LogP contribution >= 0.6 is 0 Å². The van der Waals surface area contributed by atoms with Gasteiger partial charge in [0, 0.05) is 6.04 Å². The van der Waals surface area contributed by atoms with Gasteiger partial charge in [-0.2, -0.15) is 0 Å². The highest BCUT2D eigenvalue weighted by Gasteiger charge is 2.18. The van der Waals surface area contributed by atoms with Gasteiger partial charge < -0.3 is 21.1 Å². The Hall–Kier alpha value is -2.83. The SMILES string of the molecule is CCOC(=O)c1ccccc1Nc1ncnc(NC2CCCCC2)c1N. The van der Waals surface area contributed by atoms with Gasteiger partial charge in [-0.25, -0.2) is 14.8 Å². The fourth-order valence-electron chi connectivity index (χ4n) is 3.16. The van der Waals surface area contributed by atoms with Gasteiger partial charge in [0.05, 0.1) is 17.9 Å². The van der Waals surface area contributed by atoms with Crippen molar-refractivity contribution in [3.8, 4) is 0 Å². The van der Waals surface area contributed by atoms with Crippen molar-refractivity contribution in [3.63, 3.8) is 0 Å². The summed E-state index contributed by atoms with van der Waals surface area (Å²) in [6.07, 6.45) is 7.45. The van der Waals surface area contributed by atoms with Crippen molar-refractivity contribution in [2.75, 3.05) is 23.0 Å². The van der Waals surface area contributed by atoms with Crippen LogP contribution in [0.2, 0.25) is 0 Å². The smallest absolute Gasteiger partial charge is 0.340 e. The maximum Gasteiger partial charge on any atom is 0.340 e. The summed E-state index contributed by atoms with van der Waals surface area (Å²) in [5.74, 6) is 0.710. The lowest BCUT2D eigenvalue weighted by Crippen LogP contribution is -2.23. The van der Waals surface area contributed by atoms with Crippen LogP contribution in [0.15, 0.2) is 30.6 Å². The average Bonchev–Trinajstić information content (AvgIpc) is 2.66. The van der Waals surface area contributed by atoms with Crippen LogP contribution in [0.3, 0.4) is 0 Å². The third kappa shape index (κ3) is 4.22. The zero-order chi connectivity index (χ0) is 18.4. The van der Waals surface area contributed by atoms with E-state index in [4.69, 9.17) is 10.5 Å². The van der Waals surface area contributed by atoms with E-state index in [2.05, 4.69) is 20.6 Å². The highest BCUT2D eigenvalue weighted by molar-refractivity contribution is 5.97. The number of para-hydroxylation sites is 1. The summed E-state index contributed by atoms with van der Waals surface area (Å²) in [7, 11) is 0. The number of nitrogens with zero attached hydrogens (tertiary/aromatic N) is 2. The number of hydrogen-bond donors (Lipinski definition) is 3. The molecule has 1 aromatic heterocycles. The maximum absolute atomic E-state index is 12.1. The van der Waals surface area contributed by atoms with Gasteiger partial charge in [0.15, 0.2) is 11.6 Å². The Balaban J connectivity index is 1.80. The molecule has 26 heavy (non-hydrogen) atoms. The fraction of sp³-hybridized carbons (Fsp3) is 0.421. The first-order chi connectivity index (χ1) is 12.7. The molecule has 1 aromatic carbocycles. The molecule has 7 nitrogen and oxygen atoms in total. The van der Waals surface area contributed by atoms with Gasteiger partial charge in [-0.1, -0.05) is 31.4 Å². The van der Waals surface area contributed by atoms with E-state index in [0.717, 1.165) is 12.8 Å². The Bertz CT molecular complexity index is 759. The minimum atomic E-state index is -0.385. The van der Waals surface area contributed by atoms with Crippen molar-refractivity contribution in [2.24, 2.45) is 0 Å².